The monoisotopic (exact) mass is 616 g/mol. The van der Waals surface area contributed by atoms with E-state index >= 15 is 0 Å². The third-order valence-corrected chi connectivity index (χ3v) is 4.15. The molecule has 0 fully saturated rings. The summed E-state index contributed by atoms with van der Waals surface area (Å²) in [5.74, 6) is 5.11. The van der Waals surface area contributed by atoms with Crippen molar-refractivity contribution in [2.45, 2.75) is 6.42 Å². The minimum atomic E-state index is 0. The van der Waals surface area contributed by atoms with Crippen molar-refractivity contribution in [2.24, 2.45) is 0 Å². The van der Waals surface area contributed by atoms with Crippen molar-refractivity contribution in [1.29, 1.82) is 0 Å². The number of hydrogen-bond acceptors (Lipinski definition) is 0. The average molecular weight is 619 g/mol. The first-order valence-corrected chi connectivity index (χ1v) is 11.9. The van der Waals surface area contributed by atoms with E-state index in [1.54, 1.807) is 0 Å². The molecule has 1 atom stereocenters. The molecule has 0 bridgehead atoms. The van der Waals surface area contributed by atoms with Crippen molar-refractivity contribution in [2.75, 3.05) is 0 Å². The molecule has 4 heteroatoms. The van der Waals surface area contributed by atoms with Crippen molar-refractivity contribution in [3.05, 3.63) is 194 Å². The number of allylic oxidation sites excluding steroid dienone is 4. The molecule has 0 spiro atoms. The van der Waals surface area contributed by atoms with Gasteiger partial charge in [-0.05, 0) is 0 Å². The summed E-state index contributed by atoms with van der Waals surface area (Å²) in [6, 6.07) is 54.0. The molecule has 1 heterocycles. The molecule has 0 N–H and O–H groups in total. The molecule has 0 saturated carbocycles. The van der Waals surface area contributed by atoms with Crippen LogP contribution in [-0.2, 0) is 26.2 Å². The maximum Gasteiger partial charge on any atom is 2.00 e. The third-order valence-electron chi connectivity index (χ3n) is 3.46. The van der Waals surface area contributed by atoms with Crippen LogP contribution < -0.4 is 24.8 Å². The smallest absolute Gasteiger partial charge is 1.00 e. The van der Waals surface area contributed by atoms with Crippen LogP contribution in [0.25, 0.3) is 0 Å². The van der Waals surface area contributed by atoms with E-state index in [1.807, 2.05) is 146 Å². The number of hydrogen-bond donors (Lipinski definition) is 0. The van der Waals surface area contributed by atoms with Crippen LogP contribution in [0.2, 0.25) is 0 Å². The Kier molecular flexibility index (Phi) is 37.8. The van der Waals surface area contributed by atoms with Crippen LogP contribution in [0.4, 0.5) is 0 Å². The second kappa shape index (κ2) is 35.8. The Morgan fingerprint density at radius 1 is 0.459 bits per heavy atom. The van der Waals surface area contributed by atoms with Crippen molar-refractivity contribution < 1.29 is 51.0 Å². The molecule has 6 rings (SSSR count). The molecular formula is C33H29Cl2PZr-6. The Morgan fingerprint density at radius 3 is 0.919 bits per heavy atom. The second-order valence-corrected chi connectivity index (χ2v) is 7.04. The Labute approximate surface area is 257 Å². The van der Waals surface area contributed by atoms with Crippen LogP contribution in [-0.4, -0.2) is 0 Å². The number of benzene rings is 4. The Balaban J connectivity index is -0.000000369. The van der Waals surface area contributed by atoms with E-state index in [9.17, 15) is 0 Å². The van der Waals surface area contributed by atoms with E-state index in [2.05, 4.69) is 48.0 Å². The van der Waals surface area contributed by atoms with Crippen LogP contribution in [0, 0.1) is 36.1 Å². The molecule has 0 nitrogen and oxygen atoms in total. The van der Waals surface area contributed by atoms with Gasteiger partial charge in [-0.15, -0.1) is 6.42 Å². The molecule has 5 aromatic rings. The summed E-state index contributed by atoms with van der Waals surface area (Å²) >= 11 is 0. The van der Waals surface area contributed by atoms with E-state index in [1.165, 1.54) is 0 Å². The zero-order valence-corrected chi connectivity index (χ0v) is 25.4. The molecule has 1 aromatic heterocycles. The average Bonchev–Trinajstić information content (AvgIpc) is 3.74. The van der Waals surface area contributed by atoms with Gasteiger partial charge in [-0.2, -0.15) is 169 Å². The van der Waals surface area contributed by atoms with Gasteiger partial charge in [0.25, 0.3) is 0 Å². The maximum absolute atomic E-state index is 3.01. The number of rotatable bonds is 0. The molecule has 0 amide bonds. The summed E-state index contributed by atoms with van der Waals surface area (Å²) < 4.78 is 0. The SMILES string of the molecule is [C-]1=CC=CC1.[Cl-].[Cl-].[Zr+2].[c-]1ccc[pH]1.[c-]1ccccc1.[c-]1ccccc1.[c-]1ccccc1.[c-]1ccccc1. The first-order chi connectivity index (χ1) is 17.0. The summed E-state index contributed by atoms with van der Waals surface area (Å²) in [7, 11) is 0.823. The zero-order valence-electron chi connectivity index (χ0n) is 20.5. The molecule has 1 aliphatic carbocycles. The normalized spacial score (nSPS) is 8.86. The maximum atomic E-state index is 3.01. The second-order valence-electron chi connectivity index (χ2n) is 6.13. The standard InChI is InChI=1S/4C6H5.C5H5.C4H4P.2ClH.Zr/c4*1-2-4-6-5-3-1;2*1-2-4-5-3-1;;;/h4*1-5H;1-3H,4H2;1-3,5H;2*1H;/q6*-1;;;+2/p-2. The van der Waals surface area contributed by atoms with Crippen LogP contribution in [0.3, 0.4) is 0 Å². The van der Waals surface area contributed by atoms with Crippen LogP contribution in [0.1, 0.15) is 6.42 Å². The van der Waals surface area contributed by atoms with Crippen LogP contribution in [0.5, 0.6) is 0 Å². The van der Waals surface area contributed by atoms with E-state index in [-0.39, 0.29) is 51.0 Å². The van der Waals surface area contributed by atoms with Gasteiger partial charge in [0.15, 0.2) is 0 Å². The predicted octanol–water partition coefficient (Wildman–Crippen LogP) is 2.78. The molecule has 4 aromatic carbocycles. The van der Waals surface area contributed by atoms with Gasteiger partial charge in [-0.3, -0.25) is 14.3 Å². The van der Waals surface area contributed by atoms with Crippen molar-refractivity contribution >= 4 is 8.19 Å². The summed E-state index contributed by atoms with van der Waals surface area (Å²) in [6.45, 7) is 0. The van der Waals surface area contributed by atoms with Crippen molar-refractivity contribution in [3.63, 3.8) is 0 Å². The Morgan fingerprint density at radius 2 is 0.838 bits per heavy atom. The molecular weight excluding hydrogens is 589 g/mol. The summed E-state index contributed by atoms with van der Waals surface area (Å²) in [4.78, 5) is 0. The molecule has 190 valence electrons. The minimum Gasteiger partial charge on any atom is -1.00 e. The molecule has 0 saturated heterocycles. The van der Waals surface area contributed by atoms with Gasteiger partial charge in [0.2, 0.25) is 0 Å². The van der Waals surface area contributed by atoms with E-state index in [0.29, 0.717) is 0 Å². The first-order valence-electron chi connectivity index (χ1n) is 10.9. The van der Waals surface area contributed by atoms with E-state index in [4.69, 9.17) is 0 Å². The van der Waals surface area contributed by atoms with Gasteiger partial charge in [-0.1, -0.05) is 0 Å². The zero-order chi connectivity index (χ0) is 24.0. The van der Waals surface area contributed by atoms with Gasteiger partial charge in [-0.25, -0.2) is 18.2 Å². The van der Waals surface area contributed by atoms with Gasteiger partial charge in [0.1, 0.15) is 0 Å². The minimum absolute atomic E-state index is 0. The molecule has 37 heavy (non-hydrogen) atoms. The van der Waals surface area contributed by atoms with Crippen molar-refractivity contribution in [1.82, 2.24) is 0 Å². The summed E-state index contributed by atoms with van der Waals surface area (Å²) in [5.41, 5.74) is 0. The van der Waals surface area contributed by atoms with Gasteiger partial charge in [0.05, 0.1) is 0 Å². The fourth-order valence-electron chi connectivity index (χ4n) is 1.95. The van der Waals surface area contributed by atoms with Gasteiger partial charge < -0.3 is 24.8 Å². The van der Waals surface area contributed by atoms with Crippen molar-refractivity contribution in [3.8, 4) is 0 Å². The molecule has 0 aliphatic heterocycles. The third kappa shape index (κ3) is 33.6. The predicted molar refractivity (Wildman–Crippen MR) is 147 cm³/mol. The largest absolute Gasteiger partial charge is 2.00 e. The Hall–Kier alpha value is -2.40. The summed E-state index contributed by atoms with van der Waals surface area (Å²) in [5, 5.41) is 0. The van der Waals surface area contributed by atoms with Crippen LogP contribution >= 0.6 is 8.19 Å². The van der Waals surface area contributed by atoms with Crippen LogP contribution in [0.15, 0.2) is 157 Å². The molecule has 1 aliphatic rings. The summed E-state index contributed by atoms with van der Waals surface area (Å²) in [6.07, 6.45) is 10.0. The van der Waals surface area contributed by atoms with Gasteiger partial charge >= 0.3 is 26.2 Å². The van der Waals surface area contributed by atoms with E-state index in [0.717, 1.165) is 14.6 Å². The topological polar surface area (TPSA) is 0 Å². The fraction of sp³-hybridized carbons (Fsp3) is 0.0303. The Bertz CT molecular complexity index is 749. The molecule has 0 radical (unpaired) electrons. The first kappa shape index (κ1) is 39.1. The quantitative estimate of drug-likeness (QED) is 0.235. The molecule has 1 unspecified atom stereocenters. The fourth-order valence-corrected chi connectivity index (χ4v) is 2.43. The number of halogens is 2. The van der Waals surface area contributed by atoms with Gasteiger partial charge in [0, 0.05) is 0 Å². The van der Waals surface area contributed by atoms with E-state index < -0.39 is 0 Å².